The number of esters is 2. The van der Waals surface area contributed by atoms with Gasteiger partial charge < -0.3 is 9.47 Å². The number of hydrogen-bond acceptors (Lipinski definition) is 10. The van der Waals surface area contributed by atoms with Gasteiger partial charge in [-0.2, -0.15) is 0 Å². The van der Waals surface area contributed by atoms with Crippen molar-refractivity contribution in [1.29, 1.82) is 0 Å². The molecule has 0 saturated carbocycles. The molecule has 178 valence electrons. The highest BCUT2D eigenvalue weighted by Gasteiger charge is 2.22. The van der Waals surface area contributed by atoms with Gasteiger partial charge in [0, 0.05) is 0 Å². The number of carbonyl (C=O) groups excluding carboxylic acids is 2. The molecule has 12 heteroatoms. The van der Waals surface area contributed by atoms with Crippen LogP contribution in [0.1, 0.15) is 21.0 Å². The molecule has 0 saturated heterocycles. The Kier molecular flexibility index (Phi) is 9.82. The zero-order valence-electron chi connectivity index (χ0n) is 17.9. The van der Waals surface area contributed by atoms with Crippen LogP contribution in [0.25, 0.3) is 20.9 Å². The van der Waals surface area contributed by atoms with Gasteiger partial charge in [0.15, 0.2) is 11.4 Å². The van der Waals surface area contributed by atoms with E-state index in [1.165, 1.54) is 36.9 Å². The molecule has 0 aliphatic rings. The standard InChI is InChI=1S/C22H18N4O4S2.2ClH/c1-29-19(27)15-17(13-9-5-3-6-10-13)31-21(23-15)25-26-22-24-16(20(28)30-2)18(32-22)14-11-7-4-8-12-14;;/h3-12H,1-2H3,(H,23,25)(H,24,26);2*1H. The molecule has 0 aliphatic carbocycles. The first-order valence-electron chi connectivity index (χ1n) is 9.42. The molecule has 2 aromatic carbocycles. The van der Waals surface area contributed by atoms with E-state index in [1.54, 1.807) is 0 Å². The minimum atomic E-state index is -0.526. The average molecular weight is 539 g/mol. The Morgan fingerprint density at radius 1 is 0.676 bits per heavy atom. The summed E-state index contributed by atoms with van der Waals surface area (Å²) < 4.78 is 9.75. The van der Waals surface area contributed by atoms with Crippen LogP contribution in [-0.2, 0) is 9.47 Å². The highest BCUT2D eigenvalue weighted by molar-refractivity contribution is 7.20. The van der Waals surface area contributed by atoms with E-state index in [0.29, 0.717) is 20.0 Å². The van der Waals surface area contributed by atoms with Gasteiger partial charge in [-0.25, -0.2) is 19.6 Å². The number of nitrogens with one attached hydrogen (secondary N) is 2. The van der Waals surface area contributed by atoms with Crippen LogP contribution in [-0.4, -0.2) is 36.1 Å². The van der Waals surface area contributed by atoms with Crippen molar-refractivity contribution in [1.82, 2.24) is 9.97 Å². The van der Waals surface area contributed by atoms with Gasteiger partial charge in [0.1, 0.15) is 0 Å². The SMILES string of the molecule is COC(=O)c1nc(NNc2nc(C(=O)OC)c(-c3ccccc3)s2)sc1-c1ccccc1.Cl.Cl. The number of nitrogens with zero attached hydrogens (tertiary/aromatic N) is 2. The van der Waals surface area contributed by atoms with E-state index in [9.17, 15) is 9.59 Å². The number of aromatic nitrogens is 2. The van der Waals surface area contributed by atoms with Crippen molar-refractivity contribution in [2.45, 2.75) is 0 Å². The number of hydrazine groups is 1. The van der Waals surface area contributed by atoms with Gasteiger partial charge in [-0.05, 0) is 11.1 Å². The summed E-state index contributed by atoms with van der Waals surface area (Å²) in [6, 6.07) is 18.9. The zero-order chi connectivity index (χ0) is 22.5. The molecule has 2 aromatic heterocycles. The van der Waals surface area contributed by atoms with E-state index >= 15 is 0 Å². The summed E-state index contributed by atoms with van der Waals surface area (Å²) in [7, 11) is 2.63. The molecule has 34 heavy (non-hydrogen) atoms. The van der Waals surface area contributed by atoms with Crippen LogP contribution in [0.4, 0.5) is 10.3 Å². The molecule has 2 heterocycles. The molecule has 4 rings (SSSR count). The maximum atomic E-state index is 12.2. The Morgan fingerprint density at radius 3 is 1.35 bits per heavy atom. The first-order valence-corrected chi connectivity index (χ1v) is 11.0. The Labute approximate surface area is 216 Å². The fourth-order valence-electron chi connectivity index (χ4n) is 2.89. The fourth-order valence-corrected chi connectivity index (χ4v) is 4.72. The Morgan fingerprint density at radius 2 is 1.03 bits per heavy atom. The summed E-state index contributed by atoms with van der Waals surface area (Å²) in [6.07, 6.45) is 0. The third-order valence-corrected chi connectivity index (χ3v) is 6.40. The Bertz CT molecular complexity index is 1150. The fraction of sp³-hybridized carbons (Fsp3) is 0.0909. The predicted molar refractivity (Wildman–Crippen MR) is 140 cm³/mol. The average Bonchev–Trinajstić information content (AvgIpc) is 3.47. The number of hydrogen-bond donors (Lipinski definition) is 2. The van der Waals surface area contributed by atoms with Crippen molar-refractivity contribution >= 4 is 69.7 Å². The van der Waals surface area contributed by atoms with E-state index in [1.807, 2.05) is 60.7 Å². The van der Waals surface area contributed by atoms with Gasteiger partial charge in [-0.1, -0.05) is 83.3 Å². The lowest BCUT2D eigenvalue weighted by Gasteiger charge is -2.01. The lowest BCUT2D eigenvalue weighted by Crippen LogP contribution is -2.10. The lowest BCUT2D eigenvalue weighted by atomic mass is 10.1. The molecule has 0 fully saturated rings. The van der Waals surface area contributed by atoms with Crippen molar-refractivity contribution in [3.8, 4) is 20.9 Å². The van der Waals surface area contributed by atoms with Gasteiger partial charge in [-0.15, -0.1) is 24.8 Å². The number of methoxy groups -OCH3 is 2. The molecule has 0 radical (unpaired) electrons. The topological polar surface area (TPSA) is 102 Å². The van der Waals surface area contributed by atoms with E-state index in [4.69, 9.17) is 9.47 Å². The third kappa shape index (κ3) is 5.84. The molecule has 2 N–H and O–H groups in total. The number of carbonyl (C=O) groups is 2. The summed E-state index contributed by atoms with van der Waals surface area (Å²) in [4.78, 5) is 34.5. The molecule has 0 spiro atoms. The first-order chi connectivity index (χ1) is 15.6. The van der Waals surface area contributed by atoms with Crippen molar-refractivity contribution in [3.63, 3.8) is 0 Å². The van der Waals surface area contributed by atoms with E-state index in [-0.39, 0.29) is 36.2 Å². The smallest absolute Gasteiger partial charge is 0.358 e. The Balaban J connectivity index is 0.00000204. The Hall–Kier alpha value is -3.18. The van der Waals surface area contributed by atoms with Gasteiger partial charge in [0.25, 0.3) is 0 Å². The quantitative estimate of drug-likeness (QED) is 0.225. The van der Waals surface area contributed by atoms with Crippen LogP contribution < -0.4 is 10.9 Å². The van der Waals surface area contributed by atoms with Gasteiger partial charge in [0.2, 0.25) is 10.3 Å². The monoisotopic (exact) mass is 538 g/mol. The highest BCUT2D eigenvalue weighted by Crippen LogP contribution is 2.35. The number of benzene rings is 2. The van der Waals surface area contributed by atoms with E-state index in [0.717, 1.165) is 11.1 Å². The maximum absolute atomic E-state index is 12.2. The molecule has 0 atom stereocenters. The van der Waals surface area contributed by atoms with Crippen LogP contribution in [0.15, 0.2) is 60.7 Å². The number of rotatable bonds is 7. The number of ether oxygens (including phenoxy) is 2. The van der Waals surface area contributed by atoms with Crippen LogP contribution in [0, 0.1) is 0 Å². The number of thiazole rings is 2. The van der Waals surface area contributed by atoms with Crippen LogP contribution >= 0.6 is 47.5 Å². The summed E-state index contributed by atoms with van der Waals surface area (Å²) in [5.41, 5.74) is 8.07. The minimum absolute atomic E-state index is 0. The van der Waals surface area contributed by atoms with Crippen LogP contribution in [0.3, 0.4) is 0 Å². The van der Waals surface area contributed by atoms with Crippen molar-refractivity contribution in [2.75, 3.05) is 25.1 Å². The summed E-state index contributed by atoms with van der Waals surface area (Å²) in [5.74, 6) is -1.05. The van der Waals surface area contributed by atoms with Crippen molar-refractivity contribution < 1.29 is 19.1 Å². The highest BCUT2D eigenvalue weighted by atomic mass is 35.5. The second-order valence-electron chi connectivity index (χ2n) is 6.36. The molecule has 0 unspecified atom stereocenters. The van der Waals surface area contributed by atoms with E-state index < -0.39 is 11.9 Å². The molecule has 4 aromatic rings. The molecule has 8 nitrogen and oxygen atoms in total. The van der Waals surface area contributed by atoms with Crippen molar-refractivity contribution in [2.24, 2.45) is 0 Å². The largest absolute Gasteiger partial charge is 0.464 e. The maximum Gasteiger partial charge on any atom is 0.358 e. The van der Waals surface area contributed by atoms with Gasteiger partial charge >= 0.3 is 11.9 Å². The normalized spacial score (nSPS) is 9.82. The van der Waals surface area contributed by atoms with Crippen LogP contribution in [0.5, 0.6) is 0 Å². The van der Waals surface area contributed by atoms with E-state index in [2.05, 4.69) is 20.8 Å². The van der Waals surface area contributed by atoms with Gasteiger partial charge in [0.05, 0.1) is 24.0 Å². The van der Waals surface area contributed by atoms with Crippen molar-refractivity contribution in [3.05, 3.63) is 72.1 Å². The zero-order valence-corrected chi connectivity index (χ0v) is 21.2. The molecule has 0 aliphatic heterocycles. The molecular weight excluding hydrogens is 519 g/mol. The number of anilines is 2. The molecule has 0 bridgehead atoms. The predicted octanol–water partition coefficient (Wildman–Crippen LogP) is 5.79. The third-order valence-electron chi connectivity index (χ3n) is 4.36. The van der Waals surface area contributed by atoms with Crippen LogP contribution in [0.2, 0.25) is 0 Å². The second kappa shape index (κ2) is 12.3. The summed E-state index contributed by atoms with van der Waals surface area (Å²) in [5, 5.41) is 0.890. The summed E-state index contributed by atoms with van der Waals surface area (Å²) >= 11 is 2.59. The van der Waals surface area contributed by atoms with Gasteiger partial charge in [-0.3, -0.25) is 10.9 Å². The molecule has 0 amide bonds. The lowest BCUT2D eigenvalue weighted by molar-refractivity contribution is 0.0587. The summed E-state index contributed by atoms with van der Waals surface area (Å²) in [6.45, 7) is 0. The molecular formula is C22H20Cl2N4O4S2. The number of halogens is 2. The second-order valence-corrected chi connectivity index (χ2v) is 8.36. The minimum Gasteiger partial charge on any atom is -0.464 e. The first kappa shape index (κ1) is 27.1.